The molecule has 2 heteroatoms. The van der Waals surface area contributed by atoms with E-state index in [-0.39, 0.29) is 6.04 Å². The van der Waals surface area contributed by atoms with Crippen molar-refractivity contribution in [3.05, 3.63) is 35.4 Å². The van der Waals surface area contributed by atoms with Crippen molar-refractivity contribution in [1.82, 2.24) is 0 Å². The predicted molar refractivity (Wildman–Crippen MR) is 60.9 cm³/mol. The van der Waals surface area contributed by atoms with Crippen molar-refractivity contribution in [3.8, 4) is 0 Å². The van der Waals surface area contributed by atoms with Gasteiger partial charge in [-0.1, -0.05) is 31.2 Å². The van der Waals surface area contributed by atoms with Gasteiger partial charge in [0.15, 0.2) is 0 Å². The van der Waals surface area contributed by atoms with Gasteiger partial charge < -0.3 is 11.5 Å². The molecule has 0 radical (unpaired) electrons. The van der Waals surface area contributed by atoms with Crippen LogP contribution in [0.4, 0.5) is 0 Å². The number of hydrogen-bond acceptors (Lipinski definition) is 2. The fourth-order valence-electron chi connectivity index (χ4n) is 1.66. The Bertz CT molecular complexity index is 283. The normalized spacial score (nSPS) is 15.1. The highest BCUT2D eigenvalue weighted by Gasteiger charge is 2.11. The van der Waals surface area contributed by atoms with E-state index in [4.69, 9.17) is 11.5 Å². The van der Waals surface area contributed by atoms with E-state index in [1.807, 2.05) is 12.1 Å². The van der Waals surface area contributed by atoms with Gasteiger partial charge in [-0.25, -0.2) is 0 Å². The van der Waals surface area contributed by atoms with E-state index in [0.717, 1.165) is 6.42 Å². The summed E-state index contributed by atoms with van der Waals surface area (Å²) in [7, 11) is 0. The van der Waals surface area contributed by atoms with Gasteiger partial charge in [-0.3, -0.25) is 0 Å². The van der Waals surface area contributed by atoms with E-state index >= 15 is 0 Å². The maximum atomic E-state index is 6.12. The minimum atomic E-state index is 0.120. The van der Waals surface area contributed by atoms with Crippen molar-refractivity contribution >= 4 is 0 Å². The first-order chi connectivity index (χ1) is 6.65. The summed E-state index contributed by atoms with van der Waals surface area (Å²) in [5, 5.41) is 0. The van der Waals surface area contributed by atoms with Gasteiger partial charge >= 0.3 is 0 Å². The second kappa shape index (κ2) is 5.13. The Balaban J connectivity index is 2.69. The Labute approximate surface area is 86.3 Å². The van der Waals surface area contributed by atoms with Crippen LogP contribution in [0.3, 0.4) is 0 Å². The van der Waals surface area contributed by atoms with Crippen LogP contribution in [0.1, 0.15) is 30.5 Å². The van der Waals surface area contributed by atoms with Gasteiger partial charge in [0.05, 0.1) is 0 Å². The van der Waals surface area contributed by atoms with Crippen LogP contribution in [0.5, 0.6) is 0 Å². The third-order valence-corrected chi connectivity index (χ3v) is 2.65. The molecule has 0 amide bonds. The summed E-state index contributed by atoms with van der Waals surface area (Å²) in [4.78, 5) is 0. The zero-order valence-corrected chi connectivity index (χ0v) is 9.03. The van der Waals surface area contributed by atoms with Gasteiger partial charge in [0.2, 0.25) is 0 Å². The highest BCUT2D eigenvalue weighted by molar-refractivity contribution is 5.28. The van der Waals surface area contributed by atoms with Crippen molar-refractivity contribution in [2.75, 3.05) is 6.54 Å². The lowest BCUT2D eigenvalue weighted by atomic mass is 9.94. The fraction of sp³-hybridized carbons (Fsp3) is 0.500. The van der Waals surface area contributed by atoms with Crippen LogP contribution >= 0.6 is 0 Å². The summed E-state index contributed by atoms with van der Waals surface area (Å²) in [6, 6.07) is 8.40. The lowest BCUT2D eigenvalue weighted by Crippen LogP contribution is -2.19. The average Bonchev–Trinajstić information content (AvgIpc) is 2.18. The van der Waals surface area contributed by atoms with E-state index in [9.17, 15) is 0 Å². The maximum absolute atomic E-state index is 6.12. The quantitative estimate of drug-likeness (QED) is 0.766. The minimum absolute atomic E-state index is 0.120. The largest absolute Gasteiger partial charge is 0.330 e. The molecule has 0 heterocycles. The summed E-state index contributed by atoms with van der Waals surface area (Å²) < 4.78 is 0. The first-order valence-electron chi connectivity index (χ1n) is 5.16. The third-order valence-electron chi connectivity index (χ3n) is 2.65. The minimum Gasteiger partial charge on any atom is -0.330 e. The zero-order chi connectivity index (χ0) is 10.6. The molecule has 2 nitrogen and oxygen atoms in total. The summed E-state index contributed by atoms with van der Waals surface area (Å²) in [5.41, 5.74) is 14.2. The van der Waals surface area contributed by atoms with E-state index < -0.39 is 0 Å². The molecule has 0 aliphatic carbocycles. The number of nitrogens with two attached hydrogens (primary N) is 2. The predicted octanol–water partition coefficient (Wildman–Crippen LogP) is 1.98. The van der Waals surface area contributed by atoms with Crippen LogP contribution in [0, 0.1) is 12.8 Å². The standard InChI is InChI=1S/C12H20N2/c1-9(8-13)7-12(14)11-6-4-3-5-10(11)2/h3-6,9,12H,7-8,13-14H2,1-2H3. The third kappa shape index (κ3) is 2.82. The molecule has 2 unspecified atom stereocenters. The Morgan fingerprint density at radius 1 is 1.29 bits per heavy atom. The first-order valence-corrected chi connectivity index (χ1v) is 5.16. The highest BCUT2D eigenvalue weighted by Crippen LogP contribution is 2.21. The Hall–Kier alpha value is -0.860. The van der Waals surface area contributed by atoms with Crippen LogP contribution in [0.25, 0.3) is 0 Å². The van der Waals surface area contributed by atoms with Crippen molar-refractivity contribution in [2.24, 2.45) is 17.4 Å². The monoisotopic (exact) mass is 192 g/mol. The zero-order valence-electron chi connectivity index (χ0n) is 9.03. The average molecular weight is 192 g/mol. The Morgan fingerprint density at radius 3 is 2.50 bits per heavy atom. The second-order valence-corrected chi connectivity index (χ2v) is 4.04. The van der Waals surface area contributed by atoms with Crippen LogP contribution in [0.15, 0.2) is 24.3 Å². The summed E-state index contributed by atoms with van der Waals surface area (Å²) in [6.45, 7) is 4.94. The van der Waals surface area contributed by atoms with Gasteiger partial charge in [-0.05, 0) is 36.9 Å². The maximum Gasteiger partial charge on any atom is 0.0300 e. The number of benzene rings is 1. The topological polar surface area (TPSA) is 52.0 Å². The van der Waals surface area contributed by atoms with Gasteiger partial charge in [0.25, 0.3) is 0 Å². The molecule has 14 heavy (non-hydrogen) atoms. The molecule has 0 fully saturated rings. The smallest absolute Gasteiger partial charge is 0.0300 e. The van der Waals surface area contributed by atoms with E-state index in [0.29, 0.717) is 12.5 Å². The fourth-order valence-corrected chi connectivity index (χ4v) is 1.66. The molecule has 0 spiro atoms. The van der Waals surface area contributed by atoms with Crippen LogP contribution in [0.2, 0.25) is 0 Å². The van der Waals surface area contributed by atoms with Gasteiger partial charge in [0, 0.05) is 6.04 Å². The molecule has 1 aromatic rings. The molecule has 1 aromatic carbocycles. The summed E-state index contributed by atoms with van der Waals surface area (Å²) in [6.07, 6.45) is 0.960. The van der Waals surface area contributed by atoms with E-state index in [1.165, 1.54) is 11.1 Å². The molecule has 0 aromatic heterocycles. The molecular formula is C12H20N2. The molecule has 0 saturated carbocycles. The number of hydrogen-bond donors (Lipinski definition) is 2. The lowest BCUT2D eigenvalue weighted by Gasteiger charge is -2.17. The molecular weight excluding hydrogens is 172 g/mol. The molecule has 2 atom stereocenters. The second-order valence-electron chi connectivity index (χ2n) is 4.04. The summed E-state index contributed by atoms with van der Waals surface area (Å²) in [5.74, 6) is 0.490. The van der Waals surface area contributed by atoms with E-state index in [1.54, 1.807) is 0 Å². The molecule has 0 bridgehead atoms. The van der Waals surface area contributed by atoms with Crippen LogP contribution in [-0.4, -0.2) is 6.54 Å². The Morgan fingerprint density at radius 2 is 1.93 bits per heavy atom. The summed E-state index contributed by atoms with van der Waals surface area (Å²) >= 11 is 0. The van der Waals surface area contributed by atoms with Crippen LogP contribution in [-0.2, 0) is 0 Å². The molecule has 78 valence electrons. The van der Waals surface area contributed by atoms with Crippen molar-refractivity contribution in [1.29, 1.82) is 0 Å². The number of rotatable bonds is 4. The molecule has 4 N–H and O–H groups in total. The van der Waals surface area contributed by atoms with Crippen molar-refractivity contribution in [2.45, 2.75) is 26.3 Å². The van der Waals surface area contributed by atoms with Crippen LogP contribution < -0.4 is 11.5 Å². The van der Waals surface area contributed by atoms with Gasteiger partial charge in [-0.15, -0.1) is 0 Å². The molecule has 0 saturated heterocycles. The van der Waals surface area contributed by atoms with Gasteiger partial charge in [0.1, 0.15) is 0 Å². The molecule has 0 aliphatic heterocycles. The molecule has 1 rings (SSSR count). The highest BCUT2D eigenvalue weighted by atomic mass is 14.6. The van der Waals surface area contributed by atoms with Gasteiger partial charge in [-0.2, -0.15) is 0 Å². The molecule has 0 aliphatic rings. The SMILES string of the molecule is Cc1ccccc1C(N)CC(C)CN. The van der Waals surface area contributed by atoms with Crippen molar-refractivity contribution < 1.29 is 0 Å². The number of aryl methyl sites for hydroxylation is 1. The first kappa shape index (κ1) is 11.2. The van der Waals surface area contributed by atoms with Crippen molar-refractivity contribution in [3.63, 3.8) is 0 Å². The lowest BCUT2D eigenvalue weighted by molar-refractivity contribution is 0.481. The van der Waals surface area contributed by atoms with E-state index in [2.05, 4.69) is 26.0 Å². The Kier molecular flexibility index (Phi) is 4.11.